The average Bonchev–Trinajstić information content (AvgIpc) is 2.94. The predicted molar refractivity (Wildman–Crippen MR) is 89.1 cm³/mol. The summed E-state index contributed by atoms with van der Waals surface area (Å²) in [6.45, 7) is 0.725. The van der Waals surface area contributed by atoms with Gasteiger partial charge in [-0.2, -0.15) is 0 Å². The van der Waals surface area contributed by atoms with Gasteiger partial charge in [0.05, 0.1) is 5.52 Å². The zero-order valence-electron chi connectivity index (χ0n) is 13.2. The third-order valence-electron chi connectivity index (χ3n) is 5.54. The predicted octanol–water partition coefficient (Wildman–Crippen LogP) is 3.45. The fraction of sp³-hybridized carbons (Fsp3) is 0.474. The van der Waals surface area contributed by atoms with Crippen molar-refractivity contribution in [3.8, 4) is 0 Å². The van der Waals surface area contributed by atoms with E-state index < -0.39 is 5.97 Å². The first-order valence-corrected chi connectivity index (χ1v) is 8.54. The number of carbonyl (C=O) groups is 1. The molecule has 2 fully saturated rings. The Bertz CT molecular complexity index is 730. The molecule has 2 aromatic rings. The molecule has 0 spiro atoms. The molecular weight excluding hydrogens is 288 g/mol. The number of aromatic nitrogens is 1. The Morgan fingerprint density at radius 3 is 3.00 bits per heavy atom. The number of aliphatic carboxylic acids is 1. The quantitative estimate of drug-likeness (QED) is 0.943. The lowest BCUT2D eigenvalue weighted by Crippen LogP contribution is -2.41. The van der Waals surface area contributed by atoms with Gasteiger partial charge in [0.15, 0.2) is 0 Å². The van der Waals surface area contributed by atoms with Gasteiger partial charge in [-0.1, -0.05) is 25.0 Å². The van der Waals surface area contributed by atoms with E-state index in [-0.39, 0.29) is 6.04 Å². The van der Waals surface area contributed by atoms with E-state index in [1.165, 1.54) is 24.8 Å². The fourth-order valence-corrected chi connectivity index (χ4v) is 4.46. The van der Waals surface area contributed by atoms with Crippen molar-refractivity contribution in [2.45, 2.75) is 50.7 Å². The molecule has 1 aliphatic carbocycles. The van der Waals surface area contributed by atoms with Crippen molar-refractivity contribution in [1.29, 1.82) is 0 Å². The first kappa shape index (κ1) is 14.6. The molecule has 1 saturated heterocycles. The summed E-state index contributed by atoms with van der Waals surface area (Å²) in [6, 6.07) is 10.4. The van der Waals surface area contributed by atoms with E-state index in [2.05, 4.69) is 28.1 Å². The molecule has 3 unspecified atom stereocenters. The minimum Gasteiger partial charge on any atom is -0.480 e. The minimum absolute atomic E-state index is 0.326. The first-order valence-electron chi connectivity index (χ1n) is 8.54. The molecule has 1 aliphatic heterocycles. The van der Waals surface area contributed by atoms with Gasteiger partial charge in [-0.25, -0.2) is 0 Å². The van der Waals surface area contributed by atoms with E-state index in [0.717, 1.165) is 30.3 Å². The molecule has 4 nitrogen and oxygen atoms in total. The zero-order valence-corrected chi connectivity index (χ0v) is 13.2. The highest BCUT2D eigenvalue weighted by molar-refractivity contribution is 5.79. The Balaban J connectivity index is 1.62. The molecule has 0 amide bonds. The number of hydrogen-bond acceptors (Lipinski definition) is 3. The highest BCUT2D eigenvalue weighted by atomic mass is 16.4. The molecule has 1 N–H and O–H groups in total. The second-order valence-electron chi connectivity index (χ2n) is 6.90. The summed E-state index contributed by atoms with van der Waals surface area (Å²) in [6.07, 6.45) is 7.43. The molecule has 4 heteroatoms. The van der Waals surface area contributed by atoms with E-state index >= 15 is 0 Å². The Kier molecular flexibility index (Phi) is 3.77. The summed E-state index contributed by atoms with van der Waals surface area (Å²) < 4.78 is 0. The van der Waals surface area contributed by atoms with Crippen molar-refractivity contribution < 1.29 is 9.90 Å². The normalized spacial score (nSPS) is 27.9. The van der Waals surface area contributed by atoms with E-state index in [1.807, 2.05) is 12.1 Å². The topological polar surface area (TPSA) is 53.4 Å². The van der Waals surface area contributed by atoms with Gasteiger partial charge in [0.25, 0.3) is 0 Å². The number of fused-ring (bicyclic) bond motifs is 2. The molecule has 2 aliphatic rings. The maximum atomic E-state index is 11.7. The Morgan fingerprint density at radius 2 is 2.13 bits per heavy atom. The molecule has 23 heavy (non-hydrogen) atoms. The number of hydrogen-bond donors (Lipinski definition) is 1. The lowest BCUT2D eigenvalue weighted by atomic mass is 9.84. The number of nitrogens with zero attached hydrogens (tertiary/aromatic N) is 2. The van der Waals surface area contributed by atoms with Crippen LogP contribution in [0.3, 0.4) is 0 Å². The number of pyridine rings is 1. The SMILES string of the molecule is O=C(O)C1CC2CCCCC2N1Cc1ccc2ncccc2c1. The van der Waals surface area contributed by atoms with Gasteiger partial charge in [-0.15, -0.1) is 0 Å². The lowest BCUT2D eigenvalue weighted by Gasteiger charge is -2.33. The standard InChI is InChI=1S/C19H22N2O2/c22-19(23)18-11-15-4-1-2-6-17(15)21(18)12-13-7-8-16-14(10-13)5-3-9-20-16/h3,5,7-10,15,17-18H,1-2,4,6,11-12H2,(H,22,23). The number of rotatable bonds is 3. The van der Waals surface area contributed by atoms with E-state index in [9.17, 15) is 9.90 Å². The molecule has 0 radical (unpaired) electrons. The Hall–Kier alpha value is -1.94. The minimum atomic E-state index is -0.665. The van der Waals surface area contributed by atoms with Gasteiger partial charge in [-0.05, 0) is 48.9 Å². The Morgan fingerprint density at radius 1 is 1.26 bits per heavy atom. The largest absolute Gasteiger partial charge is 0.480 e. The molecular formula is C19H22N2O2. The van der Waals surface area contributed by atoms with Gasteiger partial charge in [-0.3, -0.25) is 14.7 Å². The summed E-state index contributed by atoms with van der Waals surface area (Å²) in [5.74, 6) is -0.103. The third kappa shape index (κ3) is 2.72. The molecule has 1 aromatic heterocycles. The third-order valence-corrected chi connectivity index (χ3v) is 5.54. The fourth-order valence-electron chi connectivity index (χ4n) is 4.46. The highest BCUT2D eigenvalue weighted by Crippen LogP contribution is 2.40. The first-order chi connectivity index (χ1) is 11.2. The van der Waals surface area contributed by atoms with E-state index in [1.54, 1.807) is 6.20 Å². The van der Waals surface area contributed by atoms with Gasteiger partial charge >= 0.3 is 5.97 Å². The smallest absolute Gasteiger partial charge is 0.320 e. The van der Waals surface area contributed by atoms with Crippen molar-refractivity contribution in [3.63, 3.8) is 0 Å². The van der Waals surface area contributed by atoms with E-state index in [0.29, 0.717) is 12.0 Å². The molecule has 3 atom stereocenters. The number of benzene rings is 1. The van der Waals surface area contributed by atoms with Crippen LogP contribution in [0.4, 0.5) is 0 Å². The molecule has 0 bridgehead atoms. The van der Waals surface area contributed by atoms with Crippen LogP contribution in [-0.4, -0.2) is 33.0 Å². The summed E-state index contributed by atoms with van der Waals surface area (Å²) in [5.41, 5.74) is 2.17. The summed E-state index contributed by atoms with van der Waals surface area (Å²) in [4.78, 5) is 18.3. The highest BCUT2D eigenvalue weighted by Gasteiger charge is 2.44. The summed E-state index contributed by atoms with van der Waals surface area (Å²) in [7, 11) is 0. The van der Waals surface area contributed by atoms with Crippen LogP contribution in [0.15, 0.2) is 36.5 Å². The second-order valence-corrected chi connectivity index (χ2v) is 6.90. The maximum Gasteiger partial charge on any atom is 0.320 e. The van der Waals surface area contributed by atoms with Crippen LogP contribution in [0.2, 0.25) is 0 Å². The lowest BCUT2D eigenvalue weighted by molar-refractivity contribution is -0.142. The number of likely N-dealkylation sites (tertiary alicyclic amines) is 1. The van der Waals surface area contributed by atoms with Crippen molar-refractivity contribution in [1.82, 2.24) is 9.88 Å². The Labute approximate surface area is 136 Å². The van der Waals surface area contributed by atoms with Gasteiger partial charge in [0, 0.05) is 24.2 Å². The molecule has 1 aromatic carbocycles. The second kappa shape index (κ2) is 5.93. The van der Waals surface area contributed by atoms with Crippen LogP contribution < -0.4 is 0 Å². The van der Waals surface area contributed by atoms with Crippen LogP contribution in [0, 0.1) is 5.92 Å². The summed E-state index contributed by atoms with van der Waals surface area (Å²) in [5, 5.41) is 10.8. The average molecular weight is 310 g/mol. The molecule has 120 valence electrons. The van der Waals surface area contributed by atoms with Crippen LogP contribution in [-0.2, 0) is 11.3 Å². The van der Waals surface area contributed by atoms with Crippen LogP contribution in [0.25, 0.3) is 10.9 Å². The number of carboxylic acids is 1. The van der Waals surface area contributed by atoms with Gasteiger partial charge in [0.1, 0.15) is 6.04 Å². The number of carboxylic acid groups (broad SMARTS) is 1. The zero-order chi connectivity index (χ0) is 15.8. The monoisotopic (exact) mass is 310 g/mol. The maximum absolute atomic E-state index is 11.7. The van der Waals surface area contributed by atoms with Gasteiger partial charge < -0.3 is 5.11 Å². The van der Waals surface area contributed by atoms with Crippen molar-refractivity contribution >= 4 is 16.9 Å². The van der Waals surface area contributed by atoms with Crippen LogP contribution >= 0.6 is 0 Å². The molecule has 4 rings (SSSR count). The van der Waals surface area contributed by atoms with Crippen molar-refractivity contribution in [3.05, 3.63) is 42.1 Å². The van der Waals surface area contributed by atoms with Crippen LogP contribution in [0.1, 0.15) is 37.7 Å². The van der Waals surface area contributed by atoms with E-state index in [4.69, 9.17) is 0 Å². The van der Waals surface area contributed by atoms with Crippen molar-refractivity contribution in [2.75, 3.05) is 0 Å². The molecule has 2 heterocycles. The van der Waals surface area contributed by atoms with Gasteiger partial charge in [0.2, 0.25) is 0 Å². The molecule has 1 saturated carbocycles. The van der Waals surface area contributed by atoms with Crippen molar-refractivity contribution in [2.24, 2.45) is 5.92 Å². The van der Waals surface area contributed by atoms with Crippen LogP contribution in [0.5, 0.6) is 0 Å². The summed E-state index contributed by atoms with van der Waals surface area (Å²) >= 11 is 0.